The van der Waals surface area contributed by atoms with Gasteiger partial charge in [-0.2, -0.15) is 0 Å². The summed E-state index contributed by atoms with van der Waals surface area (Å²) >= 11 is 0. The summed E-state index contributed by atoms with van der Waals surface area (Å²) in [7, 11) is 0. The lowest BCUT2D eigenvalue weighted by atomic mass is 10.1. The average Bonchev–Trinajstić information content (AvgIpc) is 2.78. The summed E-state index contributed by atoms with van der Waals surface area (Å²) in [6.07, 6.45) is 3.17. The van der Waals surface area contributed by atoms with E-state index in [0.717, 1.165) is 44.0 Å². The van der Waals surface area contributed by atoms with Gasteiger partial charge in [0.15, 0.2) is 0 Å². The molecule has 2 aromatic carbocycles. The van der Waals surface area contributed by atoms with Gasteiger partial charge in [0.05, 0.1) is 13.2 Å². The predicted molar refractivity (Wildman–Crippen MR) is 117 cm³/mol. The van der Waals surface area contributed by atoms with E-state index in [9.17, 15) is 9.59 Å². The fraction of sp³-hybridized carbons (Fsp3) is 0.333. The quantitative estimate of drug-likeness (QED) is 0.659. The highest BCUT2D eigenvalue weighted by Crippen LogP contribution is 2.13. The van der Waals surface area contributed by atoms with Crippen LogP contribution in [0.15, 0.2) is 60.7 Å². The summed E-state index contributed by atoms with van der Waals surface area (Å²) in [4.78, 5) is 26.9. The van der Waals surface area contributed by atoms with Crippen LogP contribution in [0.25, 0.3) is 6.08 Å². The molecule has 1 unspecified atom stereocenters. The van der Waals surface area contributed by atoms with Crippen LogP contribution in [0.2, 0.25) is 0 Å². The van der Waals surface area contributed by atoms with Gasteiger partial charge in [-0.15, -0.1) is 0 Å². The van der Waals surface area contributed by atoms with Gasteiger partial charge in [0.1, 0.15) is 6.04 Å². The maximum absolute atomic E-state index is 12.5. The maximum atomic E-state index is 12.5. The number of carbonyl (C=O) groups excluding carboxylic acids is 2. The van der Waals surface area contributed by atoms with E-state index in [0.29, 0.717) is 6.54 Å². The summed E-state index contributed by atoms with van der Waals surface area (Å²) in [5.41, 5.74) is 3.21. The van der Waals surface area contributed by atoms with Crippen LogP contribution in [0.3, 0.4) is 0 Å². The Labute approximate surface area is 177 Å². The highest BCUT2D eigenvalue weighted by atomic mass is 16.5. The van der Waals surface area contributed by atoms with Crippen molar-refractivity contribution in [1.29, 1.82) is 0 Å². The highest BCUT2D eigenvalue weighted by molar-refractivity contribution is 5.95. The van der Waals surface area contributed by atoms with E-state index >= 15 is 0 Å². The molecule has 1 aliphatic rings. The number of nitrogens with zero attached hydrogens (tertiary/aromatic N) is 1. The van der Waals surface area contributed by atoms with Crippen molar-refractivity contribution < 1.29 is 14.3 Å². The number of amides is 2. The van der Waals surface area contributed by atoms with Gasteiger partial charge in [0, 0.05) is 32.3 Å². The molecular formula is C24H29N3O3. The SMILES string of the molecule is CC(NC(=O)/C=C/c1ccccc1)C(=O)NCc1ccccc1CN1CCOCC1. The number of rotatable bonds is 8. The second-order valence-electron chi connectivity index (χ2n) is 7.35. The molecular weight excluding hydrogens is 378 g/mol. The Kier molecular flexibility index (Phi) is 8.18. The fourth-order valence-electron chi connectivity index (χ4n) is 3.28. The Morgan fingerprint density at radius 3 is 2.43 bits per heavy atom. The Balaban J connectivity index is 1.48. The van der Waals surface area contributed by atoms with Gasteiger partial charge in [-0.1, -0.05) is 54.6 Å². The second kappa shape index (κ2) is 11.3. The molecule has 6 nitrogen and oxygen atoms in total. The van der Waals surface area contributed by atoms with Gasteiger partial charge in [-0.05, 0) is 29.7 Å². The van der Waals surface area contributed by atoms with E-state index < -0.39 is 6.04 Å². The minimum absolute atomic E-state index is 0.211. The number of morpholine rings is 1. The maximum Gasteiger partial charge on any atom is 0.244 e. The van der Waals surface area contributed by atoms with Gasteiger partial charge in [0.2, 0.25) is 11.8 Å². The van der Waals surface area contributed by atoms with Crippen molar-refractivity contribution in [3.05, 3.63) is 77.4 Å². The van der Waals surface area contributed by atoms with E-state index in [1.807, 2.05) is 48.5 Å². The van der Waals surface area contributed by atoms with Gasteiger partial charge in [-0.3, -0.25) is 14.5 Å². The van der Waals surface area contributed by atoms with Crippen molar-refractivity contribution in [3.8, 4) is 0 Å². The number of benzene rings is 2. The average molecular weight is 408 g/mol. The zero-order valence-electron chi connectivity index (χ0n) is 17.3. The van der Waals surface area contributed by atoms with Crippen molar-refractivity contribution in [2.75, 3.05) is 26.3 Å². The monoisotopic (exact) mass is 407 g/mol. The van der Waals surface area contributed by atoms with E-state index in [4.69, 9.17) is 4.74 Å². The van der Waals surface area contributed by atoms with Gasteiger partial charge < -0.3 is 15.4 Å². The molecule has 0 saturated carbocycles. The Morgan fingerprint density at radius 2 is 1.70 bits per heavy atom. The normalized spacial score (nSPS) is 15.6. The molecule has 3 rings (SSSR count). The first-order valence-corrected chi connectivity index (χ1v) is 10.3. The lowest BCUT2D eigenvalue weighted by Crippen LogP contribution is -2.44. The lowest BCUT2D eigenvalue weighted by Gasteiger charge is -2.27. The molecule has 1 fully saturated rings. The Bertz CT molecular complexity index is 861. The zero-order valence-corrected chi connectivity index (χ0v) is 17.3. The molecule has 30 heavy (non-hydrogen) atoms. The second-order valence-corrected chi connectivity index (χ2v) is 7.35. The first kappa shape index (κ1) is 21.7. The molecule has 0 radical (unpaired) electrons. The Morgan fingerprint density at radius 1 is 1.03 bits per heavy atom. The molecule has 0 aromatic heterocycles. The molecule has 0 spiro atoms. The molecule has 0 bridgehead atoms. The van der Waals surface area contributed by atoms with Crippen LogP contribution >= 0.6 is 0 Å². The van der Waals surface area contributed by atoms with Crippen LogP contribution in [-0.2, 0) is 27.4 Å². The first-order chi connectivity index (χ1) is 14.6. The molecule has 0 aliphatic carbocycles. The summed E-state index contributed by atoms with van der Waals surface area (Å²) in [6.45, 7) is 6.30. The van der Waals surface area contributed by atoms with Crippen molar-refractivity contribution in [2.24, 2.45) is 0 Å². The minimum Gasteiger partial charge on any atom is -0.379 e. The highest BCUT2D eigenvalue weighted by Gasteiger charge is 2.16. The van der Waals surface area contributed by atoms with E-state index in [1.165, 1.54) is 11.6 Å². The van der Waals surface area contributed by atoms with Crippen molar-refractivity contribution in [2.45, 2.75) is 26.1 Å². The fourth-order valence-corrected chi connectivity index (χ4v) is 3.28. The number of hydrogen-bond acceptors (Lipinski definition) is 4. The number of carbonyl (C=O) groups is 2. The molecule has 2 amide bonds. The third-order valence-corrected chi connectivity index (χ3v) is 5.05. The van der Waals surface area contributed by atoms with Gasteiger partial charge >= 0.3 is 0 Å². The topological polar surface area (TPSA) is 70.7 Å². The molecule has 1 heterocycles. The van der Waals surface area contributed by atoms with Crippen LogP contribution in [0.4, 0.5) is 0 Å². The molecule has 1 saturated heterocycles. The van der Waals surface area contributed by atoms with Crippen LogP contribution in [0.5, 0.6) is 0 Å². The van der Waals surface area contributed by atoms with Crippen LogP contribution in [0, 0.1) is 0 Å². The number of ether oxygens (including phenoxy) is 1. The zero-order chi connectivity index (χ0) is 21.2. The van der Waals surface area contributed by atoms with Crippen LogP contribution < -0.4 is 10.6 Å². The largest absolute Gasteiger partial charge is 0.379 e. The molecule has 158 valence electrons. The van der Waals surface area contributed by atoms with Crippen molar-refractivity contribution in [3.63, 3.8) is 0 Å². The van der Waals surface area contributed by atoms with Crippen molar-refractivity contribution >= 4 is 17.9 Å². The third-order valence-electron chi connectivity index (χ3n) is 5.05. The summed E-state index contributed by atoms with van der Waals surface area (Å²) < 4.78 is 5.41. The van der Waals surface area contributed by atoms with E-state index in [2.05, 4.69) is 21.6 Å². The Hall–Kier alpha value is -2.96. The standard InChI is InChI=1S/C24H29N3O3/c1-19(26-23(28)12-11-20-7-3-2-4-8-20)24(29)25-17-21-9-5-6-10-22(21)18-27-13-15-30-16-14-27/h2-12,19H,13-18H2,1H3,(H,25,29)(H,26,28)/b12-11+. The first-order valence-electron chi connectivity index (χ1n) is 10.3. The predicted octanol–water partition coefficient (Wildman–Crippen LogP) is 2.35. The summed E-state index contributed by atoms with van der Waals surface area (Å²) in [5.74, 6) is -0.508. The molecule has 6 heteroatoms. The smallest absolute Gasteiger partial charge is 0.244 e. The van der Waals surface area contributed by atoms with E-state index in [1.54, 1.807) is 13.0 Å². The minimum atomic E-state index is -0.621. The van der Waals surface area contributed by atoms with Gasteiger partial charge in [-0.25, -0.2) is 0 Å². The number of nitrogens with one attached hydrogen (secondary N) is 2. The van der Waals surface area contributed by atoms with Crippen molar-refractivity contribution in [1.82, 2.24) is 15.5 Å². The summed E-state index contributed by atoms with van der Waals surface area (Å²) in [6, 6.07) is 17.1. The van der Waals surface area contributed by atoms with E-state index in [-0.39, 0.29) is 11.8 Å². The molecule has 2 N–H and O–H groups in total. The molecule has 1 atom stereocenters. The third kappa shape index (κ3) is 6.83. The number of hydrogen-bond donors (Lipinski definition) is 2. The lowest BCUT2D eigenvalue weighted by molar-refractivity contribution is -0.126. The molecule has 1 aliphatic heterocycles. The van der Waals surface area contributed by atoms with Crippen LogP contribution in [0.1, 0.15) is 23.6 Å². The van der Waals surface area contributed by atoms with Crippen LogP contribution in [-0.4, -0.2) is 49.1 Å². The molecule has 2 aromatic rings. The van der Waals surface area contributed by atoms with Gasteiger partial charge in [0.25, 0.3) is 0 Å². The summed E-state index contributed by atoms with van der Waals surface area (Å²) in [5, 5.41) is 5.64.